The van der Waals surface area contributed by atoms with E-state index in [1.54, 1.807) is 0 Å². The summed E-state index contributed by atoms with van der Waals surface area (Å²) in [5, 5.41) is 12.4. The topological polar surface area (TPSA) is 19.9 Å². The SMILES string of the molecule is CCCCCCCCCCCCCCCCCCC1CC(C[O])CC(CCCCCCCCCCCCCCCCCC)C1CCCCCCCCCCCCCCCCCC. The first-order chi connectivity index (χ1) is 30.8. The molecule has 0 amide bonds. The molecule has 2 atom stereocenters. The average molecular weight is 871 g/mol. The van der Waals surface area contributed by atoms with Crippen molar-refractivity contribution < 1.29 is 5.11 Å². The van der Waals surface area contributed by atoms with Crippen LogP contribution in [0.5, 0.6) is 0 Å². The van der Waals surface area contributed by atoms with E-state index >= 15 is 0 Å². The summed E-state index contributed by atoms with van der Waals surface area (Å²) in [5.41, 5.74) is 0. The lowest BCUT2D eigenvalue weighted by atomic mass is 9.63. The van der Waals surface area contributed by atoms with Crippen LogP contribution in [-0.4, -0.2) is 6.61 Å². The van der Waals surface area contributed by atoms with E-state index in [0.29, 0.717) is 5.92 Å². The molecule has 1 radical (unpaired) electrons. The van der Waals surface area contributed by atoms with Gasteiger partial charge in [0.15, 0.2) is 0 Å². The highest BCUT2D eigenvalue weighted by atomic mass is 16.3. The van der Waals surface area contributed by atoms with E-state index in [1.165, 1.54) is 340 Å². The molecule has 0 heterocycles. The molecule has 1 aliphatic carbocycles. The standard InChI is InChI=1S/C61H121O/c1-4-7-10-13-16-19-22-25-28-31-34-37-40-43-46-49-52-59-55-58(57-62)56-60(53-50-47-44-41-38-35-32-29-26-23-20-17-14-11-8-5-2)61(59)54-51-48-45-42-39-36-33-30-27-24-21-18-15-12-9-6-3/h58-61H,4-57H2,1-3H3. The van der Waals surface area contributed by atoms with Gasteiger partial charge < -0.3 is 0 Å². The third-order valence-electron chi connectivity index (χ3n) is 16.0. The van der Waals surface area contributed by atoms with Crippen molar-refractivity contribution in [2.45, 2.75) is 361 Å². The molecule has 0 aromatic rings. The van der Waals surface area contributed by atoms with Gasteiger partial charge in [0, 0.05) is 0 Å². The first kappa shape index (κ1) is 60.0. The van der Waals surface area contributed by atoms with E-state index in [-0.39, 0.29) is 6.61 Å². The van der Waals surface area contributed by atoms with Gasteiger partial charge in [0.2, 0.25) is 0 Å². The maximum absolute atomic E-state index is 12.4. The second kappa shape index (κ2) is 50.4. The lowest BCUT2D eigenvalue weighted by molar-refractivity contribution is 0.0319. The van der Waals surface area contributed by atoms with Crippen LogP contribution >= 0.6 is 0 Å². The van der Waals surface area contributed by atoms with Gasteiger partial charge in [-0.1, -0.05) is 342 Å². The molecule has 0 spiro atoms. The van der Waals surface area contributed by atoms with E-state index in [4.69, 9.17) is 0 Å². The Morgan fingerprint density at radius 3 is 0.613 bits per heavy atom. The van der Waals surface area contributed by atoms with Crippen LogP contribution in [0.3, 0.4) is 0 Å². The van der Waals surface area contributed by atoms with Gasteiger partial charge in [-0.2, -0.15) is 0 Å². The molecule has 371 valence electrons. The van der Waals surface area contributed by atoms with Gasteiger partial charge in [-0.15, -0.1) is 0 Å². The fraction of sp³-hybridized carbons (Fsp3) is 1.00. The summed E-state index contributed by atoms with van der Waals surface area (Å²) < 4.78 is 0. The summed E-state index contributed by atoms with van der Waals surface area (Å²) >= 11 is 0. The largest absolute Gasteiger partial charge is 0.236 e. The fourth-order valence-corrected chi connectivity index (χ4v) is 11.8. The smallest absolute Gasteiger partial charge is 0.0850 e. The maximum atomic E-state index is 12.4. The molecule has 1 saturated carbocycles. The van der Waals surface area contributed by atoms with Crippen LogP contribution in [0.2, 0.25) is 0 Å². The average Bonchev–Trinajstić information content (AvgIpc) is 3.28. The van der Waals surface area contributed by atoms with Crippen molar-refractivity contribution in [1.82, 2.24) is 0 Å². The van der Waals surface area contributed by atoms with Crippen LogP contribution in [-0.2, 0) is 5.11 Å². The third-order valence-corrected chi connectivity index (χ3v) is 16.0. The fourth-order valence-electron chi connectivity index (χ4n) is 11.8. The Morgan fingerprint density at radius 1 is 0.242 bits per heavy atom. The van der Waals surface area contributed by atoms with Crippen molar-refractivity contribution in [2.24, 2.45) is 23.7 Å². The van der Waals surface area contributed by atoms with Crippen molar-refractivity contribution >= 4 is 0 Å². The third kappa shape index (κ3) is 40.3. The molecule has 1 aliphatic rings. The van der Waals surface area contributed by atoms with Crippen molar-refractivity contribution in [3.8, 4) is 0 Å². The minimum absolute atomic E-state index is 0.191. The molecule has 62 heavy (non-hydrogen) atoms. The van der Waals surface area contributed by atoms with Gasteiger partial charge in [-0.3, -0.25) is 0 Å². The molecular formula is C61H121O. The molecule has 0 saturated heterocycles. The number of hydrogen-bond acceptors (Lipinski definition) is 0. The van der Waals surface area contributed by atoms with Crippen LogP contribution in [0.4, 0.5) is 0 Å². The van der Waals surface area contributed by atoms with E-state index in [9.17, 15) is 5.11 Å². The lowest BCUT2D eigenvalue weighted by Crippen LogP contribution is -2.34. The summed E-state index contributed by atoms with van der Waals surface area (Å²) in [7, 11) is 0. The summed E-state index contributed by atoms with van der Waals surface area (Å²) in [6.07, 6.45) is 76.7. The summed E-state index contributed by atoms with van der Waals surface area (Å²) in [4.78, 5) is 0. The molecule has 0 aliphatic heterocycles. The Kier molecular flexibility index (Phi) is 48.7. The summed E-state index contributed by atoms with van der Waals surface area (Å²) in [6, 6.07) is 0. The molecule has 1 rings (SSSR count). The van der Waals surface area contributed by atoms with Crippen molar-refractivity contribution in [1.29, 1.82) is 0 Å². The van der Waals surface area contributed by atoms with Gasteiger partial charge in [0.1, 0.15) is 0 Å². The predicted molar refractivity (Wildman–Crippen MR) is 281 cm³/mol. The summed E-state index contributed by atoms with van der Waals surface area (Å²) in [6.45, 7) is 7.14. The second-order valence-corrected chi connectivity index (χ2v) is 22.0. The zero-order chi connectivity index (χ0) is 44.5. The monoisotopic (exact) mass is 870 g/mol. The minimum Gasteiger partial charge on any atom is -0.236 e. The molecular weight excluding hydrogens is 749 g/mol. The Morgan fingerprint density at radius 2 is 0.419 bits per heavy atom. The van der Waals surface area contributed by atoms with Crippen LogP contribution < -0.4 is 0 Å². The first-order valence-corrected chi connectivity index (χ1v) is 30.3. The lowest BCUT2D eigenvalue weighted by Gasteiger charge is -2.42. The second-order valence-electron chi connectivity index (χ2n) is 22.0. The highest BCUT2D eigenvalue weighted by Crippen LogP contribution is 2.45. The zero-order valence-electron chi connectivity index (χ0n) is 43.9. The van der Waals surface area contributed by atoms with Crippen molar-refractivity contribution in [3.63, 3.8) is 0 Å². The van der Waals surface area contributed by atoms with Crippen LogP contribution in [0, 0.1) is 23.7 Å². The van der Waals surface area contributed by atoms with Gasteiger partial charge in [-0.05, 0) is 42.9 Å². The molecule has 0 N–H and O–H groups in total. The predicted octanol–water partition coefficient (Wildman–Crippen LogP) is 22.6. The molecule has 0 bridgehead atoms. The van der Waals surface area contributed by atoms with Gasteiger partial charge in [0.25, 0.3) is 0 Å². The van der Waals surface area contributed by atoms with Gasteiger partial charge in [-0.25, -0.2) is 5.11 Å². The van der Waals surface area contributed by atoms with E-state index in [0.717, 1.165) is 17.8 Å². The summed E-state index contributed by atoms with van der Waals surface area (Å²) in [5.74, 6) is 3.07. The molecule has 0 aromatic carbocycles. The number of hydrogen-bond donors (Lipinski definition) is 0. The van der Waals surface area contributed by atoms with Crippen molar-refractivity contribution in [3.05, 3.63) is 0 Å². The van der Waals surface area contributed by atoms with Gasteiger partial charge in [0.05, 0.1) is 6.61 Å². The molecule has 1 nitrogen and oxygen atoms in total. The highest BCUT2D eigenvalue weighted by molar-refractivity contribution is 4.86. The molecule has 1 fully saturated rings. The van der Waals surface area contributed by atoms with Gasteiger partial charge >= 0.3 is 0 Å². The number of rotatable bonds is 52. The van der Waals surface area contributed by atoms with Crippen molar-refractivity contribution in [2.75, 3.05) is 6.61 Å². The Bertz CT molecular complexity index is 759. The highest BCUT2D eigenvalue weighted by Gasteiger charge is 2.36. The minimum atomic E-state index is 0.191. The first-order valence-electron chi connectivity index (χ1n) is 30.3. The quantitative estimate of drug-likeness (QED) is 0.0543. The maximum Gasteiger partial charge on any atom is 0.0850 e. The molecule has 2 unspecified atom stereocenters. The number of unbranched alkanes of at least 4 members (excludes halogenated alkanes) is 45. The molecule has 0 aromatic heterocycles. The van der Waals surface area contributed by atoms with E-state index in [2.05, 4.69) is 20.8 Å². The Hall–Kier alpha value is -0.0400. The van der Waals surface area contributed by atoms with E-state index < -0.39 is 0 Å². The van der Waals surface area contributed by atoms with Crippen LogP contribution in [0.1, 0.15) is 361 Å². The van der Waals surface area contributed by atoms with E-state index in [1.807, 2.05) is 0 Å². The van der Waals surface area contributed by atoms with Crippen LogP contribution in [0.15, 0.2) is 0 Å². The molecule has 1 heteroatoms. The normalized spacial score (nSPS) is 18.0. The Balaban J connectivity index is 2.35. The van der Waals surface area contributed by atoms with Crippen LogP contribution in [0.25, 0.3) is 0 Å². The zero-order valence-corrected chi connectivity index (χ0v) is 43.9. The Labute approximate surface area is 394 Å².